The summed E-state index contributed by atoms with van der Waals surface area (Å²) in [4.78, 5) is 25.5. The fourth-order valence-corrected chi connectivity index (χ4v) is 4.65. The summed E-state index contributed by atoms with van der Waals surface area (Å²) in [7, 11) is 0. The summed E-state index contributed by atoms with van der Waals surface area (Å²) in [6, 6.07) is 0. The van der Waals surface area contributed by atoms with Gasteiger partial charge in [-0.1, -0.05) is 24.4 Å². The Morgan fingerprint density at radius 2 is 1.97 bits per heavy atom. The van der Waals surface area contributed by atoms with Gasteiger partial charge in [0.05, 0.1) is 12.2 Å². The molecular formula is C21H31N5O3. The summed E-state index contributed by atoms with van der Waals surface area (Å²) in [5.41, 5.74) is 1.57. The highest BCUT2D eigenvalue weighted by Crippen LogP contribution is 2.24. The molecule has 8 nitrogen and oxygen atoms in total. The molecule has 29 heavy (non-hydrogen) atoms. The van der Waals surface area contributed by atoms with Gasteiger partial charge in [-0.25, -0.2) is 9.48 Å². The molecule has 1 unspecified atom stereocenters. The van der Waals surface area contributed by atoms with Crippen LogP contribution in [0.1, 0.15) is 67.8 Å². The highest BCUT2D eigenvalue weighted by Gasteiger charge is 2.26. The van der Waals surface area contributed by atoms with E-state index < -0.39 is 0 Å². The van der Waals surface area contributed by atoms with E-state index >= 15 is 0 Å². The van der Waals surface area contributed by atoms with Gasteiger partial charge in [-0.05, 0) is 45.4 Å². The van der Waals surface area contributed by atoms with Gasteiger partial charge < -0.3 is 9.84 Å². The first-order valence-electron chi connectivity index (χ1n) is 10.9. The quantitative estimate of drug-likeness (QED) is 0.830. The second-order valence-electron chi connectivity index (χ2n) is 8.58. The fraction of sp³-hybridized carbons (Fsp3) is 0.714. The van der Waals surface area contributed by atoms with Crippen LogP contribution in [0.15, 0.2) is 9.32 Å². The number of aryl methyl sites for hydroxylation is 3. The summed E-state index contributed by atoms with van der Waals surface area (Å²) >= 11 is 0. The molecule has 1 aliphatic carbocycles. The number of fused-ring (bicyclic) bond motifs is 1. The summed E-state index contributed by atoms with van der Waals surface area (Å²) < 4.78 is 8.41. The Labute approximate surface area is 170 Å². The molecule has 0 saturated heterocycles. The number of nitrogens with one attached hydrogen (secondary N) is 1. The Morgan fingerprint density at radius 1 is 1.17 bits per heavy atom. The Balaban J connectivity index is 1.37. The first-order valence-corrected chi connectivity index (χ1v) is 10.9. The number of rotatable bonds is 5. The lowest BCUT2D eigenvalue weighted by atomic mass is 9.89. The molecular weight excluding hydrogens is 370 g/mol. The Bertz CT molecular complexity index is 900. The molecule has 1 N–H and O–H groups in total. The van der Waals surface area contributed by atoms with Gasteiger partial charge in [-0.3, -0.25) is 9.36 Å². The van der Waals surface area contributed by atoms with Crippen molar-refractivity contribution in [2.45, 2.75) is 78.3 Å². The smallest absolute Gasteiger partial charge is 0.346 e. The van der Waals surface area contributed by atoms with Gasteiger partial charge in [0.25, 0.3) is 0 Å². The van der Waals surface area contributed by atoms with Crippen molar-refractivity contribution >= 4 is 5.91 Å². The predicted octanol–water partition coefficient (Wildman–Crippen LogP) is 2.35. The SMILES string of the molecule is Cc1noc(C)c1Cn1nc2n(c1=O)CCC(C(=O)NCC1CCCCC1)CC2. The van der Waals surface area contributed by atoms with Gasteiger partial charge in [0, 0.05) is 31.0 Å². The molecule has 8 heteroatoms. The number of hydrogen-bond acceptors (Lipinski definition) is 5. The highest BCUT2D eigenvalue weighted by atomic mass is 16.5. The van der Waals surface area contributed by atoms with E-state index in [1.54, 1.807) is 4.57 Å². The van der Waals surface area contributed by atoms with Crippen LogP contribution in [0.4, 0.5) is 0 Å². The maximum absolute atomic E-state index is 12.8. The molecule has 1 saturated carbocycles. The van der Waals surface area contributed by atoms with Crippen molar-refractivity contribution in [1.29, 1.82) is 0 Å². The number of hydrogen-bond donors (Lipinski definition) is 1. The molecule has 0 spiro atoms. The summed E-state index contributed by atoms with van der Waals surface area (Å²) in [6.07, 6.45) is 8.41. The Morgan fingerprint density at radius 3 is 2.69 bits per heavy atom. The van der Waals surface area contributed by atoms with Crippen molar-refractivity contribution in [1.82, 2.24) is 24.8 Å². The van der Waals surface area contributed by atoms with E-state index in [-0.39, 0.29) is 17.5 Å². The van der Waals surface area contributed by atoms with E-state index in [2.05, 4.69) is 15.6 Å². The molecule has 0 aromatic carbocycles. The zero-order chi connectivity index (χ0) is 20.4. The van der Waals surface area contributed by atoms with Crippen molar-refractivity contribution in [3.05, 3.63) is 33.3 Å². The van der Waals surface area contributed by atoms with Gasteiger partial charge in [-0.15, -0.1) is 0 Å². The minimum Gasteiger partial charge on any atom is -0.361 e. The Kier molecular flexibility index (Phi) is 5.87. The van der Waals surface area contributed by atoms with Gasteiger partial charge in [-0.2, -0.15) is 5.10 Å². The van der Waals surface area contributed by atoms with Crippen molar-refractivity contribution in [2.75, 3.05) is 6.54 Å². The van der Waals surface area contributed by atoms with Gasteiger partial charge in [0.15, 0.2) is 0 Å². The zero-order valence-corrected chi connectivity index (χ0v) is 17.4. The van der Waals surface area contributed by atoms with Crippen LogP contribution in [0.25, 0.3) is 0 Å². The fourth-order valence-electron chi connectivity index (χ4n) is 4.65. The van der Waals surface area contributed by atoms with E-state index in [4.69, 9.17) is 4.52 Å². The number of aromatic nitrogens is 4. The Hall–Kier alpha value is -2.38. The van der Waals surface area contributed by atoms with Crippen LogP contribution in [0.2, 0.25) is 0 Å². The lowest BCUT2D eigenvalue weighted by Gasteiger charge is -2.23. The standard InChI is InChI=1S/C21H31N5O3/c1-14-18(15(2)29-24-14)13-26-21(28)25-11-10-17(8-9-19(25)23-26)20(27)22-12-16-6-4-3-5-7-16/h16-17H,3-13H2,1-2H3,(H,22,27). The summed E-state index contributed by atoms with van der Waals surface area (Å²) in [5.74, 6) is 2.20. The van der Waals surface area contributed by atoms with Crippen LogP contribution in [0, 0.1) is 25.7 Å². The molecule has 3 heterocycles. The third kappa shape index (κ3) is 4.31. The van der Waals surface area contributed by atoms with Crippen LogP contribution >= 0.6 is 0 Å². The van der Waals surface area contributed by atoms with Crippen molar-refractivity contribution in [2.24, 2.45) is 11.8 Å². The molecule has 1 fully saturated rings. The number of carbonyl (C=O) groups excluding carboxylic acids is 1. The van der Waals surface area contributed by atoms with Crippen LogP contribution in [-0.4, -0.2) is 32.0 Å². The minimum atomic E-state index is -0.122. The van der Waals surface area contributed by atoms with E-state index in [0.717, 1.165) is 30.0 Å². The predicted molar refractivity (Wildman–Crippen MR) is 108 cm³/mol. The monoisotopic (exact) mass is 401 g/mol. The summed E-state index contributed by atoms with van der Waals surface area (Å²) in [5, 5.41) is 11.7. The maximum atomic E-state index is 12.8. The molecule has 1 amide bonds. The average Bonchev–Trinajstić information content (AvgIpc) is 3.10. The lowest BCUT2D eigenvalue weighted by molar-refractivity contribution is -0.125. The second kappa shape index (κ2) is 8.55. The topological polar surface area (TPSA) is 94.9 Å². The first-order chi connectivity index (χ1) is 14.0. The molecule has 0 bridgehead atoms. The van der Waals surface area contributed by atoms with Crippen LogP contribution in [-0.2, 0) is 24.3 Å². The lowest BCUT2D eigenvalue weighted by Crippen LogP contribution is -2.35. The second-order valence-corrected chi connectivity index (χ2v) is 8.58. The third-order valence-electron chi connectivity index (χ3n) is 6.57. The third-order valence-corrected chi connectivity index (χ3v) is 6.57. The van der Waals surface area contributed by atoms with Gasteiger partial charge in [0.1, 0.15) is 11.6 Å². The summed E-state index contributed by atoms with van der Waals surface area (Å²) in [6.45, 7) is 5.42. The van der Waals surface area contributed by atoms with Crippen LogP contribution < -0.4 is 11.0 Å². The minimum absolute atomic E-state index is 0.0456. The molecule has 158 valence electrons. The molecule has 2 aromatic rings. The molecule has 1 aliphatic heterocycles. The van der Waals surface area contributed by atoms with E-state index in [0.29, 0.717) is 37.6 Å². The normalized spacial score (nSPS) is 20.3. The maximum Gasteiger partial charge on any atom is 0.346 e. The highest BCUT2D eigenvalue weighted by molar-refractivity contribution is 5.78. The molecule has 2 aromatic heterocycles. The van der Waals surface area contributed by atoms with Crippen molar-refractivity contribution < 1.29 is 9.32 Å². The first kappa shape index (κ1) is 19.9. The molecule has 0 radical (unpaired) electrons. The zero-order valence-electron chi connectivity index (χ0n) is 17.4. The van der Waals surface area contributed by atoms with Crippen LogP contribution in [0.5, 0.6) is 0 Å². The van der Waals surface area contributed by atoms with E-state index in [1.165, 1.54) is 36.8 Å². The number of nitrogens with zero attached hydrogens (tertiary/aromatic N) is 4. The van der Waals surface area contributed by atoms with E-state index in [1.807, 2.05) is 13.8 Å². The molecule has 1 atom stereocenters. The number of amides is 1. The largest absolute Gasteiger partial charge is 0.361 e. The van der Waals surface area contributed by atoms with Gasteiger partial charge in [0.2, 0.25) is 5.91 Å². The number of carbonyl (C=O) groups is 1. The average molecular weight is 402 g/mol. The van der Waals surface area contributed by atoms with Crippen LogP contribution in [0.3, 0.4) is 0 Å². The van der Waals surface area contributed by atoms with E-state index in [9.17, 15) is 9.59 Å². The van der Waals surface area contributed by atoms with Crippen molar-refractivity contribution in [3.8, 4) is 0 Å². The van der Waals surface area contributed by atoms with Gasteiger partial charge >= 0.3 is 5.69 Å². The van der Waals surface area contributed by atoms with Crippen molar-refractivity contribution in [3.63, 3.8) is 0 Å². The molecule has 4 rings (SSSR count). The molecule has 2 aliphatic rings.